The van der Waals surface area contributed by atoms with Gasteiger partial charge >= 0.3 is 0 Å². The number of fused-ring (bicyclic) bond motifs is 4. The maximum atomic E-state index is 15.4. The first-order chi connectivity index (χ1) is 30.0. The first-order valence-electron chi connectivity index (χ1n) is 19.9. The molecule has 62 heavy (non-hydrogen) atoms. The Morgan fingerprint density at radius 1 is 0.484 bits per heavy atom. The van der Waals surface area contributed by atoms with E-state index < -0.39 is 11.6 Å². The van der Waals surface area contributed by atoms with E-state index in [1.807, 2.05) is 108 Å². The Morgan fingerprint density at radius 2 is 1.11 bits per heavy atom. The fourth-order valence-electron chi connectivity index (χ4n) is 8.22. The van der Waals surface area contributed by atoms with Crippen LogP contribution in [0.1, 0.15) is 0 Å². The van der Waals surface area contributed by atoms with Crippen molar-refractivity contribution in [2.24, 2.45) is 0 Å². The predicted octanol–water partition coefficient (Wildman–Crippen LogP) is 14.3. The quantitative estimate of drug-likeness (QED) is 0.142. The van der Waals surface area contributed by atoms with Crippen molar-refractivity contribution >= 4 is 44.6 Å². The molecule has 302 valence electrons. The van der Waals surface area contributed by atoms with Crippen molar-refractivity contribution in [1.82, 2.24) is 9.55 Å². The number of ether oxygens (including phenoxy) is 1. The molecule has 0 saturated heterocycles. The maximum Gasteiger partial charge on any atom is 0.147 e. The molecular weight excluding hydrogens is 954 g/mol. The zero-order valence-corrected chi connectivity index (χ0v) is 35.1. The molecule has 3 heterocycles. The molecule has 0 amide bonds. The molecule has 8 aromatic carbocycles. The number of benzene rings is 8. The summed E-state index contributed by atoms with van der Waals surface area (Å²) in [5, 5.41) is 2.11. The van der Waals surface area contributed by atoms with Gasteiger partial charge in [-0.15, -0.1) is 53.6 Å². The maximum absolute atomic E-state index is 15.4. The van der Waals surface area contributed by atoms with Crippen LogP contribution < -0.4 is 14.5 Å². The molecule has 0 radical (unpaired) electrons. The smallest absolute Gasteiger partial charge is 0.147 e. The average molecular weight is 987 g/mol. The first-order valence-corrected chi connectivity index (χ1v) is 19.9. The second-order valence-corrected chi connectivity index (χ2v) is 14.8. The second kappa shape index (κ2) is 16.3. The van der Waals surface area contributed by atoms with E-state index >= 15 is 4.39 Å². The third kappa shape index (κ3) is 7.10. The fraction of sp³-hybridized carbons (Fsp3) is 0. The van der Waals surface area contributed by atoms with Gasteiger partial charge in [-0.2, -0.15) is 6.07 Å². The molecule has 0 aliphatic carbocycles. The number of halogens is 2. The number of rotatable bonds is 8. The van der Waals surface area contributed by atoms with Gasteiger partial charge in [-0.05, 0) is 93.9 Å². The Balaban J connectivity index is 0.00000458. The van der Waals surface area contributed by atoms with Crippen molar-refractivity contribution in [1.29, 1.82) is 0 Å². The summed E-state index contributed by atoms with van der Waals surface area (Å²) in [6, 6.07) is 67.9. The van der Waals surface area contributed by atoms with Gasteiger partial charge in [0.15, 0.2) is 0 Å². The van der Waals surface area contributed by atoms with Gasteiger partial charge < -0.3 is 19.1 Å². The zero-order chi connectivity index (χ0) is 40.9. The minimum atomic E-state index is -0.671. The third-order valence-electron chi connectivity index (χ3n) is 11.0. The molecule has 0 unspecified atom stereocenters. The molecule has 0 fully saturated rings. The van der Waals surface area contributed by atoms with Gasteiger partial charge in [0.2, 0.25) is 0 Å². The van der Waals surface area contributed by atoms with Crippen molar-refractivity contribution in [3.8, 4) is 50.7 Å². The number of nitrogens with zero attached hydrogens (tertiary/aromatic N) is 4. The van der Waals surface area contributed by atoms with Crippen LogP contribution in [0.25, 0.3) is 61.0 Å². The number of anilines is 4. The van der Waals surface area contributed by atoms with Crippen LogP contribution in [0.2, 0.25) is 0 Å². The van der Waals surface area contributed by atoms with E-state index in [0.717, 1.165) is 78.4 Å². The van der Waals surface area contributed by atoms with Crippen LogP contribution in [0.3, 0.4) is 0 Å². The molecule has 1 aliphatic rings. The topological polar surface area (TPSA) is 33.5 Å². The van der Waals surface area contributed by atoms with Crippen molar-refractivity contribution in [3.05, 3.63) is 225 Å². The Kier molecular flexibility index (Phi) is 10.2. The van der Waals surface area contributed by atoms with Crippen molar-refractivity contribution in [3.63, 3.8) is 0 Å². The van der Waals surface area contributed by atoms with E-state index in [0.29, 0.717) is 17.2 Å². The number of para-hydroxylation sites is 3. The molecule has 8 heteroatoms. The molecule has 11 rings (SSSR count). The van der Waals surface area contributed by atoms with Crippen LogP contribution in [0, 0.1) is 30.4 Å². The summed E-state index contributed by atoms with van der Waals surface area (Å²) in [5.74, 6) is 0.407. The van der Waals surface area contributed by atoms with E-state index in [1.165, 1.54) is 12.1 Å². The Labute approximate surface area is 372 Å². The van der Waals surface area contributed by atoms with Crippen molar-refractivity contribution < 1.29 is 34.6 Å². The van der Waals surface area contributed by atoms with E-state index in [4.69, 9.17) is 9.72 Å². The van der Waals surface area contributed by atoms with E-state index in [1.54, 1.807) is 17.8 Å². The summed E-state index contributed by atoms with van der Waals surface area (Å²) < 4.78 is 38.4. The van der Waals surface area contributed by atoms with Crippen molar-refractivity contribution in [2.45, 2.75) is 0 Å². The van der Waals surface area contributed by atoms with Gasteiger partial charge in [-0.3, -0.25) is 0 Å². The monoisotopic (exact) mass is 986 g/mol. The average Bonchev–Trinajstić information content (AvgIpc) is 3.86. The van der Waals surface area contributed by atoms with Gasteiger partial charge in [0, 0.05) is 67.4 Å². The van der Waals surface area contributed by atoms with Gasteiger partial charge in [-0.1, -0.05) is 103 Å². The molecule has 5 nitrogen and oxygen atoms in total. The van der Waals surface area contributed by atoms with E-state index in [2.05, 4.69) is 83.4 Å². The van der Waals surface area contributed by atoms with Crippen LogP contribution in [0.15, 0.2) is 194 Å². The molecule has 2 aromatic heterocycles. The Morgan fingerprint density at radius 3 is 1.81 bits per heavy atom. The fourth-order valence-corrected chi connectivity index (χ4v) is 8.22. The standard InChI is InChI=1S/C54H33F2N4O.Pt/c55-42-22-25-50(48(56)32-42)59-35-58(51-19-9-10-20-52(51)59)43-30-41(40-28-38(36-13-3-1-4-14-36)27-39(29-40)37-15-5-2-6-16-37)31-45(33-43)61-44-23-24-47-46-17-7-8-18-49(46)60(53(47)34-44)54-21-11-12-26-57-54;/h1-32,35H;/q-3;. The predicted molar refractivity (Wildman–Crippen MR) is 240 cm³/mol. The third-order valence-corrected chi connectivity index (χ3v) is 11.0. The normalized spacial score (nSPS) is 12.1. The van der Waals surface area contributed by atoms with Crippen LogP contribution in [0.4, 0.5) is 31.5 Å². The SMILES string of the molecule is Fc1ccc(N2[CH-]N(c3[c-]c(Oc4[c-]c5c(cc4)c4ccccc4n5-c4ccccn4)cc(-c4cc(-c5ccccc5)cc(-c5ccccc5)c4)c3)c3ccccc32)c(F)c1.[Pt]. The van der Waals surface area contributed by atoms with Gasteiger partial charge in [0.25, 0.3) is 0 Å². The molecule has 0 N–H and O–H groups in total. The molecule has 0 atom stereocenters. The zero-order valence-electron chi connectivity index (χ0n) is 32.8. The Bertz CT molecular complexity index is 3190. The summed E-state index contributed by atoms with van der Waals surface area (Å²) in [6.45, 7) is 1.81. The van der Waals surface area contributed by atoms with E-state index in [9.17, 15) is 4.39 Å². The number of aromatic nitrogens is 2. The van der Waals surface area contributed by atoms with Crippen LogP contribution in [0.5, 0.6) is 11.5 Å². The Hall–Kier alpha value is -7.34. The minimum Gasteiger partial charge on any atom is -0.509 e. The van der Waals surface area contributed by atoms with Gasteiger partial charge in [-0.25, -0.2) is 13.8 Å². The number of pyridine rings is 1. The van der Waals surface area contributed by atoms with Crippen LogP contribution in [-0.4, -0.2) is 9.55 Å². The van der Waals surface area contributed by atoms with E-state index in [-0.39, 0.29) is 26.8 Å². The molecule has 10 aromatic rings. The van der Waals surface area contributed by atoms with Crippen molar-refractivity contribution in [2.75, 3.05) is 9.80 Å². The molecule has 1 aliphatic heterocycles. The minimum absolute atomic E-state index is 0. The van der Waals surface area contributed by atoms with Crippen LogP contribution >= 0.6 is 0 Å². The number of hydrogen-bond donors (Lipinski definition) is 0. The summed E-state index contributed by atoms with van der Waals surface area (Å²) in [5.41, 5.74) is 10.4. The summed E-state index contributed by atoms with van der Waals surface area (Å²) in [7, 11) is 0. The molecule has 0 saturated carbocycles. The molecular formula is C54H33F2N4OPt-3. The summed E-state index contributed by atoms with van der Waals surface area (Å²) in [6.07, 6.45) is 1.79. The second-order valence-electron chi connectivity index (χ2n) is 14.8. The number of hydrogen-bond acceptors (Lipinski definition) is 4. The van der Waals surface area contributed by atoms with Crippen LogP contribution in [-0.2, 0) is 21.1 Å². The van der Waals surface area contributed by atoms with Gasteiger partial charge in [0.05, 0.1) is 0 Å². The molecule has 0 bridgehead atoms. The largest absolute Gasteiger partial charge is 0.509 e. The van der Waals surface area contributed by atoms with Gasteiger partial charge in [0.1, 0.15) is 17.5 Å². The summed E-state index contributed by atoms with van der Waals surface area (Å²) in [4.78, 5) is 8.38. The first kappa shape index (κ1) is 38.8. The summed E-state index contributed by atoms with van der Waals surface area (Å²) >= 11 is 0. The molecule has 0 spiro atoms.